The first-order valence-electron chi connectivity index (χ1n) is 7.38. The van der Waals surface area contributed by atoms with Gasteiger partial charge in [0.2, 0.25) is 0 Å². The fourth-order valence-corrected chi connectivity index (χ4v) is 3.58. The second-order valence-corrected chi connectivity index (χ2v) is 6.60. The molecule has 2 aliphatic rings. The zero-order valence-corrected chi connectivity index (χ0v) is 13.3. The van der Waals surface area contributed by atoms with Crippen LogP contribution in [0.3, 0.4) is 0 Å². The van der Waals surface area contributed by atoms with Gasteiger partial charge in [-0.1, -0.05) is 23.2 Å². The maximum absolute atomic E-state index is 12.1. The van der Waals surface area contributed by atoms with Crippen LogP contribution in [0, 0.1) is 0 Å². The van der Waals surface area contributed by atoms with Gasteiger partial charge in [0.05, 0.1) is 10.0 Å². The zero-order valence-electron chi connectivity index (χ0n) is 11.7. The molecule has 1 aromatic carbocycles. The third-order valence-electron chi connectivity index (χ3n) is 4.33. The Morgan fingerprint density at radius 1 is 1.19 bits per heavy atom. The number of carbonyl (C=O) groups excluding carboxylic acids is 1. The Labute approximate surface area is 134 Å². The molecule has 0 saturated carbocycles. The van der Waals surface area contributed by atoms with Crippen molar-refractivity contribution in [1.82, 2.24) is 10.2 Å². The third kappa shape index (κ3) is 3.62. The third-order valence-corrected chi connectivity index (χ3v) is 5.07. The van der Waals surface area contributed by atoms with Crippen LogP contribution in [0.2, 0.25) is 10.0 Å². The lowest BCUT2D eigenvalue weighted by Gasteiger charge is -2.35. The van der Waals surface area contributed by atoms with Crippen LogP contribution >= 0.6 is 23.2 Å². The van der Waals surface area contributed by atoms with Crippen LogP contribution in [0.25, 0.3) is 0 Å². The van der Waals surface area contributed by atoms with Crippen LogP contribution in [-0.2, 0) is 0 Å². The number of piperidine rings is 1. The van der Waals surface area contributed by atoms with E-state index in [9.17, 15) is 4.79 Å². The van der Waals surface area contributed by atoms with Crippen molar-refractivity contribution in [3.63, 3.8) is 0 Å². The summed E-state index contributed by atoms with van der Waals surface area (Å²) in [5.41, 5.74) is 0.653. The molecule has 2 aliphatic heterocycles. The molecular formula is C15H19Cl2N3O. The molecule has 0 aliphatic carbocycles. The number of urea groups is 1. The van der Waals surface area contributed by atoms with E-state index in [1.54, 1.807) is 18.2 Å². The van der Waals surface area contributed by atoms with Crippen LogP contribution in [-0.4, -0.2) is 36.1 Å². The van der Waals surface area contributed by atoms with Crippen molar-refractivity contribution in [2.45, 2.75) is 37.8 Å². The van der Waals surface area contributed by atoms with Crippen LogP contribution in [0.15, 0.2) is 18.2 Å². The summed E-state index contributed by atoms with van der Waals surface area (Å²) in [5, 5.41) is 6.79. The highest BCUT2D eigenvalue weighted by Gasteiger charge is 2.32. The molecule has 114 valence electrons. The van der Waals surface area contributed by atoms with Gasteiger partial charge in [0.1, 0.15) is 0 Å². The van der Waals surface area contributed by atoms with E-state index in [-0.39, 0.29) is 12.1 Å². The minimum absolute atomic E-state index is 0.176. The molecule has 0 bridgehead atoms. The minimum Gasteiger partial charge on any atom is -0.335 e. The molecule has 1 aromatic rings. The fourth-order valence-electron chi connectivity index (χ4n) is 3.28. The number of carbonyl (C=O) groups is 1. The molecule has 3 rings (SSSR count). The van der Waals surface area contributed by atoms with Crippen molar-refractivity contribution in [3.8, 4) is 0 Å². The Kier molecular flexibility index (Phi) is 4.57. The average molecular weight is 328 g/mol. The Balaban J connectivity index is 1.53. The summed E-state index contributed by atoms with van der Waals surface area (Å²) in [4.78, 5) is 14.6. The molecule has 21 heavy (non-hydrogen) atoms. The maximum Gasteiger partial charge on any atom is 0.319 e. The highest BCUT2D eigenvalue weighted by atomic mass is 35.5. The van der Waals surface area contributed by atoms with Crippen LogP contribution in [0.1, 0.15) is 25.7 Å². The lowest BCUT2D eigenvalue weighted by molar-refractivity contribution is 0.168. The molecule has 2 amide bonds. The molecule has 2 saturated heterocycles. The molecule has 6 heteroatoms. The molecule has 0 aromatic heterocycles. The van der Waals surface area contributed by atoms with Gasteiger partial charge in [0.25, 0.3) is 0 Å². The predicted molar refractivity (Wildman–Crippen MR) is 86.2 cm³/mol. The number of benzene rings is 1. The molecule has 2 N–H and O–H groups in total. The van der Waals surface area contributed by atoms with Crippen molar-refractivity contribution < 1.29 is 4.79 Å². The number of hydrogen-bond donors (Lipinski definition) is 2. The fraction of sp³-hybridized carbons (Fsp3) is 0.533. The van der Waals surface area contributed by atoms with Crippen molar-refractivity contribution >= 4 is 34.9 Å². The molecule has 2 fully saturated rings. The van der Waals surface area contributed by atoms with Crippen molar-refractivity contribution in [1.29, 1.82) is 0 Å². The van der Waals surface area contributed by atoms with E-state index in [0.29, 0.717) is 21.8 Å². The Morgan fingerprint density at radius 2 is 2.05 bits per heavy atom. The number of hydrogen-bond acceptors (Lipinski definition) is 2. The summed E-state index contributed by atoms with van der Waals surface area (Å²) in [6.07, 6.45) is 4.61. The summed E-state index contributed by atoms with van der Waals surface area (Å²) < 4.78 is 0. The SMILES string of the molecule is O=C(Nc1ccc(Cl)c(Cl)c1)N[C@@H]1CCN2CCC[C@@H]2C1. The summed E-state index contributed by atoms with van der Waals surface area (Å²) in [5.74, 6) is 0. The molecular weight excluding hydrogens is 309 g/mol. The van der Waals surface area contributed by atoms with Gasteiger partial charge in [-0.05, 0) is 50.4 Å². The van der Waals surface area contributed by atoms with Crippen LogP contribution in [0.5, 0.6) is 0 Å². The number of anilines is 1. The van der Waals surface area contributed by atoms with E-state index in [4.69, 9.17) is 23.2 Å². The molecule has 2 atom stereocenters. The molecule has 4 nitrogen and oxygen atoms in total. The van der Waals surface area contributed by atoms with E-state index in [2.05, 4.69) is 15.5 Å². The van der Waals surface area contributed by atoms with E-state index in [0.717, 1.165) is 19.4 Å². The molecule has 0 spiro atoms. The maximum atomic E-state index is 12.1. The summed E-state index contributed by atoms with van der Waals surface area (Å²) in [6, 6.07) is 5.80. The monoisotopic (exact) mass is 327 g/mol. The quantitative estimate of drug-likeness (QED) is 0.869. The summed E-state index contributed by atoms with van der Waals surface area (Å²) in [6.45, 7) is 2.30. The second-order valence-electron chi connectivity index (χ2n) is 5.78. The van der Waals surface area contributed by atoms with Gasteiger partial charge in [0, 0.05) is 24.3 Å². The zero-order chi connectivity index (χ0) is 14.8. The Hall–Kier alpha value is -0.970. The van der Waals surface area contributed by atoms with Gasteiger partial charge in [-0.25, -0.2) is 4.79 Å². The molecule has 0 radical (unpaired) electrons. The van der Waals surface area contributed by atoms with Crippen LogP contribution < -0.4 is 10.6 Å². The lowest BCUT2D eigenvalue weighted by atomic mass is 9.98. The topological polar surface area (TPSA) is 44.4 Å². The molecule has 0 unspecified atom stereocenters. The van der Waals surface area contributed by atoms with Gasteiger partial charge in [-0.2, -0.15) is 0 Å². The first kappa shape index (κ1) is 14.9. The van der Waals surface area contributed by atoms with E-state index in [1.807, 2.05) is 0 Å². The average Bonchev–Trinajstić information content (AvgIpc) is 2.90. The van der Waals surface area contributed by atoms with E-state index in [1.165, 1.54) is 19.4 Å². The van der Waals surface area contributed by atoms with Gasteiger partial charge in [-0.3, -0.25) is 0 Å². The Bertz CT molecular complexity index is 538. The van der Waals surface area contributed by atoms with Gasteiger partial charge in [0.15, 0.2) is 0 Å². The highest BCUT2D eigenvalue weighted by Crippen LogP contribution is 2.27. The van der Waals surface area contributed by atoms with E-state index < -0.39 is 0 Å². The first-order valence-corrected chi connectivity index (χ1v) is 8.14. The number of nitrogens with zero attached hydrogens (tertiary/aromatic N) is 1. The summed E-state index contributed by atoms with van der Waals surface area (Å²) >= 11 is 11.8. The molecule has 2 heterocycles. The minimum atomic E-state index is -0.176. The standard InChI is InChI=1S/C15H19Cl2N3O/c16-13-4-3-10(9-14(13)17)18-15(21)19-11-5-7-20-6-1-2-12(20)8-11/h3-4,9,11-12H,1-2,5-8H2,(H2,18,19,21)/t11-,12-/m1/s1. The Morgan fingerprint density at radius 3 is 2.86 bits per heavy atom. The van der Waals surface area contributed by atoms with E-state index >= 15 is 0 Å². The number of halogens is 2. The largest absolute Gasteiger partial charge is 0.335 e. The highest BCUT2D eigenvalue weighted by molar-refractivity contribution is 6.42. The first-order chi connectivity index (χ1) is 10.1. The predicted octanol–water partition coefficient (Wildman–Crippen LogP) is 3.74. The van der Waals surface area contributed by atoms with Crippen molar-refractivity contribution in [3.05, 3.63) is 28.2 Å². The summed E-state index contributed by atoms with van der Waals surface area (Å²) in [7, 11) is 0. The number of amides is 2. The van der Waals surface area contributed by atoms with Crippen molar-refractivity contribution in [2.24, 2.45) is 0 Å². The van der Waals surface area contributed by atoms with Gasteiger partial charge < -0.3 is 15.5 Å². The van der Waals surface area contributed by atoms with Gasteiger partial charge in [-0.15, -0.1) is 0 Å². The number of nitrogens with one attached hydrogen (secondary N) is 2. The number of rotatable bonds is 2. The van der Waals surface area contributed by atoms with Gasteiger partial charge >= 0.3 is 6.03 Å². The van der Waals surface area contributed by atoms with Crippen LogP contribution in [0.4, 0.5) is 10.5 Å². The lowest BCUT2D eigenvalue weighted by Crippen LogP contribution is -2.48. The second kappa shape index (κ2) is 6.42. The normalized spacial score (nSPS) is 25.4. The number of fused-ring (bicyclic) bond motifs is 1. The smallest absolute Gasteiger partial charge is 0.319 e. The van der Waals surface area contributed by atoms with Crippen molar-refractivity contribution in [2.75, 3.05) is 18.4 Å².